The molecule has 7 heteroatoms. The molecule has 7 nitrogen and oxygen atoms in total. The van der Waals surface area contributed by atoms with Gasteiger partial charge in [0.05, 0.1) is 10.8 Å². The minimum atomic E-state index is -0.920. The Morgan fingerprint density at radius 3 is 2.61 bits per heavy atom. The zero-order chi connectivity index (χ0) is 25.4. The molecular formula is C29H27N3O4. The summed E-state index contributed by atoms with van der Waals surface area (Å²) in [5.74, 6) is -1.23. The number of nitrogens with one attached hydrogen (secondary N) is 1. The molecule has 0 aliphatic heterocycles. The highest BCUT2D eigenvalue weighted by molar-refractivity contribution is 5.97. The van der Waals surface area contributed by atoms with Crippen LogP contribution in [-0.2, 0) is 11.2 Å². The van der Waals surface area contributed by atoms with Crippen LogP contribution in [-0.4, -0.2) is 32.6 Å². The summed E-state index contributed by atoms with van der Waals surface area (Å²) < 4.78 is 1.77. The molecule has 0 spiro atoms. The number of carboxylic acids is 1. The Bertz CT molecular complexity index is 1550. The van der Waals surface area contributed by atoms with Gasteiger partial charge in [0.2, 0.25) is 5.43 Å². The lowest BCUT2D eigenvalue weighted by atomic mass is 9.83. The first-order valence-electron chi connectivity index (χ1n) is 12.0. The number of pyridine rings is 2. The average molecular weight is 482 g/mol. The number of benzene rings is 2. The molecule has 5 rings (SSSR count). The molecule has 182 valence electrons. The van der Waals surface area contributed by atoms with Crippen LogP contribution in [0.15, 0.2) is 77.9 Å². The van der Waals surface area contributed by atoms with Crippen LogP contribution >= 0.6 is 0 Å². The molecule has 36 heavy (non-hydrogen) atoms. The van der Waals surface area contributed by atoms with Gasteiger partial charge in [-0.2, -0.15) is 0 Å². The fourth-order valence-electron chi connectivity index (χ4n) is 4.34. The number of aliphatic carboxylic acids is 1. The topological polar surface area (TPSA) is 101 Å². The molecule has 0 unspecified atom stereocenters. The molecule has 2 N–H and O–H groups in total. The maximum absolute atomic E-state index is 13.1. The number of aromatic nitrogens is 2. The van der Waals surface area contributed by atoms with Crippen molar-refractivity contribution in [2.24, 2.45) is 5.41 Å². The van der Waals surface area contributed by atoms with Gasteiger partial charge < -0.3 is 15.0 Å². The van der Waals surface area contributed by atoms with E-state index in [1.165, 1.54) is 0 Å². The summed E-state index contributed by atoms with van der Waals surface area (Å²) in [5, 5.41) is 12.9. The maximum Gasteiger partial charge on any atom is 0.309 e. The SMILES string of the molecule is CC(C)(Cc1ccccc1-c1cccc(-n2cc(C(=O)NC3CC3)c(=O)c3cccnc32)c1)C(=O)O. The molecule has 0 saturated heterocycles. The molecule has 2 aromatic heterocycles. The third-order valence-electron chi connectivity index (χ3n) is 6.58. The maximum atomic E-state index is 13.1. The molecule has 1 aliphatic carbocycles. The van der Waals surface area contributed by atoms with Crippen LogP contribution in [0.3, 0.4) is 0 Å². The van der Waals surface area contributed by atoms with E-state index in [0.717, 1.165) is 35.2 Å². The Labute approximate surface area is 208 Å². The van der Waals surface area contributed by atoms with Gasteiger partial charge in [-0.05, 0) is 74.1 Å². The molecular weight excluding hydrogens is 454 g/mol. The Hall–Kier alpha value is -4.26. The number of carbonyl (C=O) groups is 2. The van der Waals surface area contributed by atoms with E-state index in [4.69, 9.17) is 0 Å². The fraction of sp³-hybridized carbons (Fsp3) is 0.241. The van der Waals surface area contributed by atoms with Crippen molar-refractivity contribution in [3.8, 4) is 16.8 Å². The summed E-state index contributed by atoms with van der Waals surface area (Å²) >= 11 is 0. The normalized spacial score (nSPS) is 13.5. The van der Waals surface area contributed by atoms with Gasteiger partial charge in [0.15, 0.2) is 0 Å². The molecule has 1 aliphatic rings. The van der Waals surface area contributed by atoms with E-state index in [0.29, 0.717) is 17.5 Å². The smallest absolute Gasteiger partial charge is 0.309 e. The van der Waals surface area contributed by atoms with E-state index in [-0.39, 0.29) is 22.9 Å². The van der Waals surface area contributed by atoms with E-state index in [1.54, 1.807) is 42.9 Å². The molecule has 2 heterocycles. The molecule has 2 aromatic carbocycles. The van der Waals surface area contributed by atoms with Crippen molar-refractivity contribution in [2.75, 3.05) is 0 Å². The first kappa shape index (κ1) is 23.5. The van der Waals surface area contributed by atoms with Gasteiger partial charge in [-0.15, -0.1) is 0 Å². The summed E-state index contributed by atoms with van der Waals surface area (Å²) in [6.07, 6.45) is 5.41. The summed E-state index contributed by atoms with van der Waals surface area (Å²) in [5.41, 5.74) is 2.77. The number of amides is 1. The molecule has 4 aromatic rings. The van der Waals surface area contributed by atoms with Crippen LogP contribution in [0.25, 0.3) is 27.8 Å². The van der Waals surface area contributed by atoms with Crippen LogP contribution in [0.5, 0.6) is 0 Å². The second-order valence-corrected chi connectivity index (χ2v) is 9.94. The van der Waals surface area contributed by atoms with Crippen LogP contribution in [0.2, 0.25) is 0 Å². The molecule has 0 bridgehead atoms. The quantitative estimate of drug-likeness (QED) is 0.402. The average Bonchev–Trinajstić information content (AvgIpc) is 3.68. The van der Waals surface area contributed by atoms with Crippen LogP contribution in [0, 0.1) is 5.41 Å². The highest BCUT2D eigenvalue weighted by Gasteiger charge is 2.29. The third-order valence-corrected chi connectivity index (χ3v) is 6.58. The molecule has 1 saturated carbocycles. The Balaban J connectivity index is 1.63. The Kier molecular flexibility index (Phi) is 5.92. The predicted molar refractivity (Wildman–Crippen MR) is 138 cm³/mol. The van der Waals surface area contributed by atoms with Crippen molar-refractivity contribution >= 4 is 22.9 Å². The molecule has 1 amide bonds. The lowest BCUT2D eigenvalue weighted by molar-refractivity contribution is -0.146. The third kappa shape index (κ3) is 4.52. The van der Waals surface area contributed by atoms with Crippen LogP contribution in [0.4, 0.5) is 0 Å². The molecule has 1 fully saturated rings. The molecule has 0 radical (unpaired) electrons. The second kappa shape index (κ2) is 9.07. The van der Waals surface area contributed by atoms with Gasteiger partial charge in [-0.25, -0.2) is 4.98 Å². The van der Waals surface area contributed by atoms with Gasteiger partial charge in [0.25, 0.3) is 5.91 Å². The van der Waals surface area contributed by atoms with Gasteiger partial charge in [0.1, 0.15) is 11.2 Å². The van der Waals surface area contributed by atoms with E-state index >= 15 is 0 Å². The van der Waals surface area contributed by atoms with E-state index in [9.17, 15) is 19.5 Å². The summed E-state index contributed by atoms with van der Waals surface area (Å²) in [6, 6.07) is 19.0. The second-order valence-electron chi connectivity index (χ2n) is 9.94. The van der Waals surface area contributed by atoms with Gasteiger partial charge in [-0.3, -0.25) is 14.4 Å². The van der Waals surface area contributed by atoms with Gasteiger partial charge >= 0.3 is 5.97 Å². The first-order chi connectivity index (χ1) is 17.2. The number of rotatable bonds is 7. The highest BCUT2D eigenvalue weighted by atomic mass is 16.4. The largest absolute Gasteiger partial charge is 0.481 e. The number of carboxylic acid groups (broad SMARTS) is 1. The van der Waals surface area contributed by atoms with Crippen molar-refractivity contribution in [1.82, 2.24) is 14.9 Å². The molecule has 0 atom stereocenters. The van der Waals surface area contributed by atoms with E-state index in [1.807, 2.05) is 48.5 Å². The Morgan fingerprint density at radius 1 is 1.08 bits per heavy atom. The fourth-order valence-corrected chi connectivity index (χ4v) is 4.34. The monoisotopic (exact) mass is 481 g/mol. The summed E-state index contributed by atoms with van der Waals surface area (Å²) in [7, 11) is 0. The number of nitrogens with zero attached hydrogens (tertiary/aromatic N) is 2. The zero-order valence-corrected chi connectivity index (χ0v) is 20.2. The zero-order valence-electron chi connectivity index (χ0n) is 20.2. The highest BCUT2D eigenvalue weighted by Crippen LogP contribution is 2.31. The Morgan fingerprint density at radius 2 is 1.86 bits per heavy atom. The van der Waals surface area contributed by atoms with E-state index in [2.05, 4.69) is 10.3 Å². The lowest BCUT2D eigenvalue weighted by Gasteiger charge is -2.21. The standard InChI is InChI=1S/C29H27N3O4/c1-29(2,28(35)36)16-19-7-3-4-10-22(19)18-8-5-9-21(15-18)32-17-24(27(34)31-20-12-13-20)25(33)23-11-6-14-30-26(23)32/h3-11,14-15,17,20H,12-13,16H2,1-2H3,(H,31,34)(H,35,36). The van der Waals surface area contributed by atoms with Gasteiger partial charge in [0, 0.05) is 24.1 Å². The number of fused-ring (bicyclic) bond motifs is 1. The lowest BCUT2D eigenvalue weighted by Crippen LogP contribution is -2.31. The van der Waals surface area contributed by atoms with Crippen molar-refractivity contribution < 1.29 is 14.7 Å². The van der Waals surface area contributed by atoms with Crippen LogP contribution < -0.4 is 10.7 Å². The van der Waals surface area contributed by atoms with Gasteiger partial charge in [-0.1, -0.05) is 36.4 Å². The summed E-state index contributed by atoms with van der Waals surface area (Å²) in [6.45, 7) is 3.43. The van der Waals surface area contributed by atoms with E-state index < -0.39 is 11.4 Å². The predicted octanol–water partition coefficient (Wildman–Crippen LogP) is 4.60. The minimum absolute atomic E-state index is 0.0800. The van der Waals surface area contributed by atoms with Crippen molar-refractivity contribution in [3.63, 3.8) is 0 Å². The minimum Gasteiger partial charge on any atom is -0.481 e. The first-order valence-corrected chi connectivity index (χ1v) is 12.0. The number of carbonyl (C=O) groups excluding carboxylic acids is 1. The summed E-state index contributed by atoms with van der Waals surface area (Å²) in [4.78, 5) is 42.2. The van der Waals surface area contributed by atoms with Crippen LogP contribution in [0.1, 0.15) is 42.6 Å². The van der Waals surface area contributed by atoms with Crippen molar-refractivity contribution in [2.45, 2.75) is 39.2 Å². The number of hydrogen-bond donors (Lipinski definition) is 2. The number of hydrogen-bond acceptors (Lipinski definition) is 4. The van der Waals surface area contributed by atoms with Crippen molar-refractivity contribution in [1.29, 1.82) is 0 Å². The van der Waals surface area contributed by atoms with Crippen molar-refractivity contribution in [3.05, 3.63) is 94.4 Å².